The van der Waals surface area contributed by atoms with Gasteiger partial charge in [0.25, 0.3) is 0 Å². The van der Waals surface area contributed by atoms with E-state index in [9.17, 15) is 4.79 Å². The van der Waals surface area contributed by atoms with Crippen molar-refractivity contribution in [1.29, 1.82) is 0 Å². The summed E-state index contributed by atoms with van der Waals surface area (Å²) in [7, 11) is 0. The third kappa shape index (κ3) is 3.54. The number of rotatable bonds is 4. The first-order valence-electron chi connectivity index (χ1n) is 10.4. The molecule has 5 rings (SSSR count). The maximum Gasteiger partial charge on any atom is 0.231 e. The van der Waals surface area contributed by atoms with Crippen molar-refractivity contribution in [3.63, 3.8) is 0 Å². The zero-order valence-electron chi connectivity index (χ0n) is 17.0. The largest absolute Gasteiger partial charge is 0.326 e. The number of amides is 1. The highest BCUT2D eigenvalue weighted by molar-refractivity contribution is 5.96. The van der Waals surface area contributed by atoms with Gasteiger partial charge < -0.3 is 15.2 Å². The lowest BCUT2D eigenvalue weighted by Crippen LogP contribution is -2.36. The molecule has 0 spiro atoms. The fraction of sp³-hybridized carbons (Fsp3) is 0.200. The van der Waals surface area contributed by atoms with Crippen molar-refractivity contribution in [1.82, 2.24) is 9.97 Å². The Labute approximate surface area is 175 Å². The van der Waals surface area contributed by atoms with Gasteiger partial charge >= 0.3 is 0 Å². The van der Waals surface area contributed by atoms with Crippen LogP contribution in [0.4, 0.5) is 17.3 Å². The number of nitrogens with zero attached hydrogens (tertiary/aromatic N) is 2. The van der Waals surface area contributed by atoms with Gasteiger partial charge in [-0.15, -0.1) is 0 Å². The highest BCUT2D eigenvalue weighted by Crippen LogP contribution is 2.28. The first kappa shape index (κ1) is 18.4. The number of carbonyl (C=O) groups is 1. The highest BCUT2D eigenvalue weighted by Gasteiger charge is 2.22. The van der Waals surface area contributed by atoms with Gasteiger partial charge in [-0.25, -0.2) is 4.98 Å². The number of hydrogen-bond donors (Lipinski definition) is 2. The molecule has 30 heavy (non-hydrogen) atoms. The second-order valence-electron chi connectivity index (χ2n) is 7.83. The third-order valence-electron chi connectivity index (χ3n) is 5.71. The van der Waals surface area contributed by atoms with Crippen LogP contribution in [0.5, 0.6) is 0 Å². The van der Waals surface area contributed by atoms with Gasteiger partial charge in [-0.3, -0.25) is 4.79 Å². The van der Waals surface area contributed by atoms with Crippen molar-refractivity contribution in [2.24, 2.45) is 0 Å². The Morgan fingerprint density at radius 1 is 1.10 bits per heavy atom. The maximum atomic E-state index is 13.0. The number of anilines is 3. The summed E-state index contributed by atoms with van der Waals surface area (Å²) in [6.45, 7) is 2.85. The summed E-state index contributed by atoms with van der Waals surface area (Å²) in [4.78, 5) is 22.9. The van der Waals surface area contributed by atoms with Crippen LogP contribution in [0.3, 0.4) is 0 Å². The maximum absolute atomic E-state index is 13.0. The number of para-hydroxylation sites is 2. The zero-order chi connectivity index (χ0) is 20.5. The van der Waals surface area contributed by atoms with Gasteiger partial charge in [-0.1, -0.05) is 42.5 Å². The molecule has 150 valence electrons. The monoisotopic (exact) mass is 396 g/mol. The summed E-state index contributed by atoms with van der Waals surface area (Å²) >= 11 is 0. The first-order chi connectivity index (χ1) is 14.7. The molecule has 0 saturated heterocycles. The van der Waals surface area contributed by atoms with E-state index in [1.807, 2.05) is 59.5 Å². The van der Waals surface area contributed by atoms with Crippen LogP contribution in [0, 0.1) is 6.92 Å². The Kier molecular flexibility index (Phi) is 4.71. The van der Waals surface area contributed by atoms with Crippen molar-refractivity contribution in [3.8, 4) is 0 Å². The number of imidazole rings is 1. The predicted octanol–water partition coefficient (Wildman–Crippen LogP) is 5.14. The second kappa shape index (κ2) is 7.67. The molecular formula is C25H24N4O. The Morgan fingerprint density at radius 3 is 2.83 bits per heavy atom. The fourth-order valence-corrected chi connectivity index (χ4v) is 4.13. The molecule has 2 heterocycles. The normalized spacial score (nSPS) is 13.3. The van der Waals surface area contributed by atoms with Crippen LogP contribution >= 0.6 is 0 Å². The van der Waals surface area contributed by atoms with Crippen LogP contribution in [0.2, 0.25) is 0 Å². The van der Waals surface area contributed by atoms with Crippen molar-refractivity contribution < 1.29 is 4.79 Å². The quantitative estimate of drug-likeness (QED) is 0.502. The van der Waals surface area contributed by atoms with Crippen molar-refractivity contribution in [2.45, 2.75) is 26.2 Å². The summed E-state index contributed by atoms with van der Waals surface area (Å²) in [6.07, 6.45) is 2.43. The molecule has 0 aliphatic carbocycles. The third-order valence-corrected chi connectivity index (χ3v) is 5.71. The van der Waals surface area contributed by atoms with Crippen LogP contribution in [-0.4, -0.2) is 22.4 Å². The number of fused-ring (bicyclic) bond motifs is 2. The SMILES string of the molecule is Cc1ccccc1Nc1nc2ccc(CC(=O)N3CCCc4ccccc43)cc2[nH]1. The van der Waals surface area contributed by atoms with Crippen molar-refractivity contribution in [3.05, 3.63) is 83.4 Å². The van der Waals surface area contributed by atoms with Gasteiger partial charge in [0.05, 0.1) is 17.5 Å². The minimum absolute atomic E-state index is 0.138. The van der Waals surface area contributed by atoms with Gasteiger partial charge in [0, 0.05) is 17.9 Å². The standard InChI is InChI=1S/C25H24N4O/c1-17-7-2-4-10-20(17)26-25-27-21-13-12-18(15-22(21)28-25)16-24(30)29-14-6-9-19-8-3-5-11-23(19)29/h2-5,7-8,10-13,15H,6,9,14,16H2,1H3,(H2,26,27,28). The molecule has 0 radical (unpaired) electrons. The first-order valence-corrected chi connectivity index (χ1v) is 10.4. The van der Waals surface area contributed by atoms with E-state index in [1.165, 1.54) is 5.56 Å². The van der Waals surface area contributed by atoms with E-state index in [0.717, 1.165) is 52.9 Å². The van der Waals surface area contributed by atoms with Gasteiger partial charge in [0.1, 0.15) is 0 Å². The average molecular weight is 396 g/mol. The fourth-order valence-electron chi connectivity index (χ4n) is 4.13. The van der Waals surface area contributed by atoms with E-state index in [4.69, 9.17) is 0 Å². The van der Waals surface area contributed by atoms with E-state index >= 15 is 0 Å². The van der Waals surface area contributed by atoms with Crippen LogP contribution in [0.15, 0.2) is 66.7 Å². The Bertz CT molecular complexity index is 1230. The number of benzene rings is 3. The average Bonchev–Trinajstić information content (AvgIpc) is 3.16. The van der Waals surface area contributed by atoms with E-state index in [1.54, 1.807) is 0 Å². The lowest BCUT2D eigenvalue weighted by atomic mass is 10.0. The second-order valence-corrected chi connectivity index (χ2v) is 7.83. The van der Waals surface area contributed by atoms with Crippen molar-refractivity contribution >= 4 is 34.3 Å². The molecule has 1 aliphatic heterocycles. The molecule has 5 nitrogen and oxygen atoms in total. The summed E-state index contributed by atoms with van der Waals surface area (Å²) in [5.41, 5.74) is 7.29. The molecule has 1 aliphatic rings. The summed E-state index contributed by atoms with van der Waals surface area (Å²) in [5.74, 6) is 0.840. The molecule has 0 saturated carbocycles. The lowest BCUT2D eigenvalue weighted by Gasteiger charge is -2.29. The van der Waals surface area contributed by atoms with Gasteiger partial charge in [0.2, 0.25) is 11.9 Å². The van der Waals surface area contributed by atoms with Crippen molar-refractivity contribution in [2.75, 3.05) is 16.8 Å². The summed E-state index contributed by atoms with van der Waals surface area (Å²) in [5, 5.41) is 3.34. The number of nitrogens with one attached hydrogen (secondary N) is 2. The number of H-pyrrole nitrogens is 1. The molecule has 3 aromatic carbocycles. The predicted molar refractivity (Wildman–Crippen MR) is 121 cm³/mol. The highest BCUT2D eigenvalue weighted by atomic mass is 16.2. The molecule has 4 aromatic rings. The smallest absolute Gasteiger partial charge is 0.231 e. The van der Waals surface area contributed by atoms with Crippen LogP contribution < -0.4 is 10.2 Å². The Morgan fingerprint density at radius 2 is 1.93 bits per heavy atom. The molecule has 0 unspecified atom stereocenters. The van der Waals surface area contributed by atoms with Gasteiger partial charge in [-0.2, -0.15) is 0 Å². The Hall–Kier alpha value is -3.60. The van der Waals surface area contributed by atoms with E-state index in [-0.39, 0.29) is 5.91 Å². The van der Waals surface area contributed by atoms with Crippen LogP contribution in [0.1, 0.15) is 23.1 Å². The minimum Gasteiger partial charge on any atom is -0.326 e. The molecule has 1 amide bonds. The number of aromatic nitrogens is 2. The van der Waals surface area contributed by atoms with Gasteiger partial charge in [0.15, 0.2) is 0 Å². The molecule has 0 bridgehead atoms. The molecule has 2 N–H and O–H groups in total. The van der Waals surface area contributed by atoms with E-state index < -0.39 is 0 Å². The number of hydrogen-bond acceptors (Lipinski definition) is 3. The van der Waals surface area contributed by atoms with Crippen LogP contribution in [0.25, 0.3) is 11.0 Å². The lowest BCUT2D eigenvalue weighted by molar-refractivity contribution is -0.118. The van der Waals surface area contributed by atoms with Gasteiger partial charge in [-0.05, 0) is 60.7 Å². The van der Waals surface area contributed by atoms with E-state index in [2.05, 4.69) is 34.3 Å². The summed E-state index contributed by atoms with van der Waals surface area (Å²) < 4.78 is 0. The Balaban J connectivity index is 1.36. The van der Waals surface area contributed by atoms with Crippen LogP contribution in [-0.2, 0) is 17.6 Å². The number of aromatic amines is 1. The molecule has 0 fully saturated rings. The number of carbonyl (C=O) groups excluding carboxylic acids is 1. The molecule has 1 aromatic heterocycles. The molecule has 5 heteroatoms. The molecular weight excluding hydrogens is 372 g/mol. The number of aryl methyl sites for hydroxylation is 2. The summed E-state index contributed by atoms with van der Waals surface area (Å²) in [6, 6.07) is 22.3. The topological polar surface area (TPSA) is 61.0 Å². The zero-order valence-corrected chi connectivity index (χ0v) is 17.0. The molecule has 0 atom stereocenters. The minimum atomic E-state index is 0.138. The van der Waals surface area contributed by atoms with E-state index in [0.29, 0.717) is 12.4 Å².